The number of nitro groups is 1. The van der Waals surface area contributed by atoms with Crippen molar-refractivity contribution in [1.29, 1.82) is 0 Å². The number of sulfonamides is 1. The van der Waals surface area contributed by atoms with Crippen molar-refractivity contribution >= 4 is 15.7 Å². The molecular weight excluding hydrogens is 258 g/mol. The summed E-state index contributed by atoms with van der Waals surface area (Å²) in [4.78, 5) is 9.95. The number of non-ortho nitro benzene ring substituents is 1. The maximum absolute atomic E-state index is 12.2. The summed E-state index contributed by atoms with van der Waals surface area (Å²) in [6.45, 7) is 0.608. The molecule has 0 saturated carbocycles. The highest BCUT2D eigenvalue weighted by atomic mass is 32.2. The molecule has 1 aliphatic rings. The molecule has 98 valence electrons. The van der Waals surface area contributed by atoms with Crippen molar-refractivity contribution in [1.82, 2.24) is 4.31 Å². The molecule has 7 nitrogen and oxygen atoms in total. The van der Waals surface area contributed by atoms with Gasteiger partial charge in [-0.2, -0.15) is 4.31 Å². The molecule has 2 N–H and O–H groups in total. The molecule has 0 amide bonds. The standard InChI is InChI=1S/C10H13N3O4S/c11-8-4-5-12(7-8)18(16,17)10-3-1-2-9(6-10)13(14)15/h1-3,6,8H,4-5,7,11H2/t8-/m1/s1. The molecule has 0 bridgehead atoms. The Hall–Kier alpha value is -1.51. The van der Waals surface area contributed by atoms with E-state index in [1.54, 1.807) is 0 Å². The summed E-state index contributed by atoms with van der Waals surface area (Å²) in [7, 11) is -3.68. The zero-order valence-electron chi connectivity index (χ0n) is 9.52. The number of hydrogen-bond donors (Lipinski definition) is 1. The third-order valence-electron chi connectivity index (χ3n) is 2.85. The van der Waals surface area contributed by atoms with Gasteiger partial charge < -0.3 is 5.73 Å². The summed E-state index contributed by atoms with van der Waals surface area (Å²) in [6, 6.07) is 4.87. The Morgan fingerprint density at radius 1 is 1.44 bits per heavy atom. The van der Waals surface area contributed by atoms with E-state index in [-0.39, 0.29) is 23.2 Å². The molecule has 0 radical (unpaired) electrons. The van der Waals surface area contributed by atoms with Gasteiger partial charge in [0.2, 0.25) is 10.0 Å². The van der Waals surface area contributed by atoms with Crippen LogP contribution in [0.3, 0.4) is 0 Å². The van der Waals surface area contributed by atoms with Crippen LogP contribution in [-0.4, -0.2) is 36.8 Å². The SMILES string of the molecule is N[C@@H]1CCN(S(=O)(=O)c2cccc([N+](=O)[O-])c2)C1. The maximum atomic E-state index is 12.2. The number of benzene rings is 1. The number of nitrogens with two attached hydrogens (primary N) is 1. The monoisotopic (exact) mass is 271 g/mol. The molecule has 0 spiro atoms. The predicted molar refractivity (Wildman–Crippen MR) is 64.4 cm³/mol. The van der Waals surface area contributed by atoms with Crippen molar-refractivity contribution in [3.63, 3.8) is 0 Å². The first kappa shape index (κ1) is 12.9. The Morgan fingerprint density at radius 3 is 2.72 bits per heavy atom. The summed E-state index contributed by atoms with van der Waals surface area (Å²) >= 11 is 0. The molecule has 1 fully saturated rings. The first-order valence-electron chi connectivity index (χ1n) is 5.41. The Labute approximate surface area is 104 Å². The fourth-order valence-corrected chi connectivity index (χ4v) is 3.43. The van der Waals surface area contributed by atoms with Crippen LogP contribution in [-0.2, 0) is 10.0 Å². The van der Waals surface area contributed by atoms with Crippen LogP contribution in [0.1, 0.15) is 6.42 Å². The minimum absolute atomic E-state index is 0.0641. The Kier molecular flexibility index (Phi) is 3.33. The second-order valence-corrected chi connectivity index (χ2v) is 6.10. The highest BCUT2D eigenvalue weighted by Crippen LogP contribution is 2.23. The minimum Gasteiger partial charge on any atom is -0.326 e. The minimum atomic E-state index is -3.68. The molecule has 2 rings (SSSR count). The van der Waals surface area contributed by atoms with Crippen LogP contribution < -0.4 is 5.73 Å². The second kappa shape index (κ2) is 4.63. The van der Waals surface area contributed by atoms with E-state index in [9.17, 15) is 18.5 Å². The van der Waals surface area contributed by atoms with Gasteiger partial charge in [-0.05, 0) is 12.5 Å². The quantitative estimate of drug-likeness (QED) is 0.629. The van der Waals surface area contributed by atoms with Crippen LogP contribution in [0.2, 0.25) is 0 Å². The normalized spacial score (nSPS) is 21.1. The number of nitro benzene ring substituents is 1. The summed E-state index contributed by atoms with van der Waals surface area (Å²) in [5.74, 6) is 0. The Bertz CT molecular complexity index is 572. The summed E-state index contributed by atoms with van der Waals surface area (Å²) < 4.78 is 25.7. The molecule has 0 unspecified atom stereocenters. The molecule has 1 atom stereocenters. The van der Waals surface area contributed by atoms with E-state index < -0.39 is 14.9 Å². The molecule has 1 aromatic carbocycles. The van der Waals surface area contributed by atoms with E-state index in [0.29, 0.717) is 13.0 Å². The van der Waals surface area contributed by atoms with Gasteiger partial charge in [0.15, 0.2) is 0 Å². The third-order valence-corrected chi connectivity index (χ3v) is 4.71. The van der Waals surface area contributed by atoms with Crippen molar-refractivity contribution in [3.05, 3.63) is 34.4 Å². The van der Waals surface area contributed by atoms with E-state index in [2.05, 4.69) is 0 Å². The van der Waals surface area contributed by atoms with Crippen LogP contribution in [0.15, 0.2) is 29.2 Å². The summed E-state index contributed by atoms with van der Waals surface area (Å²) in [5, 5.41) is 10.6. The van der Waals surface area contributed by atoms with Gasteiger partial charge in [-0.15, -0.1) is 0 Å². The van der Waals surface area contributed by atoms with Crippen LogP contribution in [0, 0.1) is 10.1 Å². The zero-order chi connectivity index (χ0) is 13.3. The number of nitrogens with zero attached hydrogens (tertiary/aromatic N) is 2. The molecular formula is C10H13N3O4S. The molecule has 8 heteroatoms. The molecule has 1 aliphatic heterocycles. The van der Waals surface area contributed by atoms with Crippen LogP contribution in [0.5, 0.6) is 0 Å². The first-order chi connectivity index (χ1) is 8.41. The van der Waals surface area contributed by atoms with Crippen LogP contribution >= 0.6 is 0 Å². The topological polar surface area (TPSA) is 107 Å². The van der Waals surface area contributed by atoms with Crippen LogP contribution in [0.4, 0.5) is 5.69 Å². The fraction of sp³-hybridized carbons (Fsp3) is 0.400. The Morgan fingerprint density at radius 2 is 2.17 bits per heavy atom. The highest BCUT2D eigenvalue weighted by Gasteiger charge is 2.31. The Balaban J connectivity index is 2.35. The average Bonchev–Trinajstić information content (AvgIpc) is 2.77. The van der Waals surface area contributed by atoms with E-state index >= 15 is 0 Å². The van der Waals surface area contributed by atoms with Gasteiger partial charge in [-0.3, -0.25) is 10.1 Å². The smallest absolute Gasteiger partial charge is 0.270 e. The summed E-state index contributed by atoms with van der Waals surface area (Å²) in [5.41, 5.74) is 5.43. The lowest BCUT2D eigenvalue weighted by Gasteiger charge is -2.15. The van der Waals surface area contributed by atoms with Gasteiger partial charge in [-0.25, -0.2) is 8.42 Å². The van der Waals surface area contributed by atoms with E-state index in [1.165, 1.54) is 22.5 Å². The van der Waals surface area contributed by atoms with Crippen LogP contribution in [0.25, 0.3) is 0 Å². The predicted octanol–water partition coefficient (Wildman–Crippen LogP) is 0.316. The molecule has 18 heavy (non-hydrogen) atoms. The van der Waals surface area contributed by atoms with E-state index in [1.807, 2.05) is 0 Å². The zero-order valence-corrected chi connectivity index (χ0v) is 10.3. The van der Waals surface area contributed by atoms with Gasteiger partial charge in [0, 0.05) is 31.3 Å². The molecule has 0 aliphatic carbocycles. The van der Waals surface area contributed by atoms with Crippen molar-refractivity contribution < 1.29 is 13.3 Å². The average molecular weight is 271 g/mol. The second-order valence-electron chi connectivity index (χ2n) is 4.17. The van der Waals surface area contributed by atoms with Crippen molar-refractivity contribution in [2.45, 2.75) is 17.4 Å². The van der Waals surface area contributed by atoms with Crippen molar-refractivity contribution in [2.24, 2.45) is 5.73 Å². The van der Waals surface area contributed by atoms with Gasteiger partial charge in [0.05, 0.1) is 9.82 Å². The largest absolute Gasteiger partial charge is 0.326 e. The van der Waals surface area contributed by atoms with Crippen molar-refractivity contribution in [2.75, 3.05) is 13.1 Å². The van der Waals surface area contributed by atoms with Gasteiger partial charge in [-0.1, -0.05) is 6.07 Å². The summed E-state index contributed by atoms with van der Waals surface area (Å²) in [6.07, 6.45) is 0.605. The van der Waals surface area contributed by atoms with Gasteiger partial charge in [0.1, 0.15) is 0 Å². The first-order valence-corrected chi connectivity index (χ1v) is 6.85. The van der Waals surface area contributed by atoms with Gasteiger partial charge in [0.25, 0.3) is 5.69 Å². The lowest BCUT2D eigenvalue weighted by Crippen LogP contribution is -2.31. The lowest BCUT2D eigenvalue weighted by molar-refractivity contribution is -0.385. The molecule has 1 heterocycles. The van der Waals surface area contributed by atoms with Gasteiger partial charge >= 0.3 is 0 Å². The van der Waals surface area contributed by atoms with Crippen molar-refractivity contribution in [3.8, 4) is 0 Å². The van der Waals surface area contributed by atoms with E-state index in [0.717, 1.165) is 6.07 Å². The number of rotatable bonds is 3. The fourth-order valence-electron chi connectivity index (χ4n) is 1.88. The number of hydrogen-bond acceptors (Lipinski definition) is 5. The highest BCUT2D eigenvalue weighted by molar-refractivity contribution is 7.89. The lowest BCUT2D eigenvalue weighted by atomic mass is 10.3. The van der Waals surface area contributed by atoms with E-state index in [4.69, 9.17) is 5.73 Å². The molecule has 1 saturated heterocycles. The maximum Gasteiger partial charge on any atom is 0.270 e. The molecule has 1 aromatic rings. The third kappa shape index (κ3) is 2.35. The molecule has 0 aromatic heterocycles.